The number of carbonyl (C=O) groups excluding carboxylic acids is 2. The molecule has 0 bridgehead atoms. The fraction of sp³-hybridized carbons (Fsp3) is 0.200. The summed E-state index contributed by atoms with van der Waals surface area (Å²) < 4.78 is 25.2. The van der Waals surface area contributed by atoms with Gasteiger partial charge in [0.1, 0.15) is 11.9 Å². The van der Waals surface area contributed by atoms with Gasteiger partial charge < -0.3 is 19.7 Å². The summed E-state index contributed by atoms with van der Waals surface area (Å²) in [7, 11) is 0. The molecule has 1 aromatic heterocycles. The molecule has 41 heavy (non-hydrogen) atoms. The van der Waals surface area contributed by atoms with Crippen LogP contribution in [0.25, 0.3) is 0 Å². The van der Waals surface area contributed by atoms with Crippen molar-refractivity contribution in [1.29, 1.82) is 0 Å². The molecule has 1 atom stereocenters. The number of fused-ring (bicyclic) bond motifs is 1. The van der Waals surface area contributed by atoms with Gasteiger partial charge in [-0.1, -0.05) is 47.6 Å². The zero-order valence-corrected chi connectivity index (χ0v) is 23.8. The van der Waals surface area contributed by atoms with Gasteiger partial charge in [0.15, 0.2) is 16.7 Å². The molecule has 2 heterocycles. The maximum atomic E-state index is 14.4. The summed E-state index contributed by atoms with van der Waals surface area (Å²) in [5.41, 5.74) is 3.07. The molecule has 0 saturated heterocycles. The summed E-state index contributed by atoms with van der Waals surface area (Å²) in [6.07, 6.45) is 0. The van der Waals surface area contributed by atoms with E-state index in [2.05, 4.69) is 15.3 Å². The molecule has 0 saturated carbocycles. The molecule has 2 amide bonds. The van der Waals surface area contributed by atoms with Crippen LogP contribution in [0.15, 0.2) is 78.0 Å². The van der Waals surface area contributed by atoms with E-state index in [-0.39, 0.29) is 25.0 Å². The van der Waals surface area contributed by atoms with Crippen molar-refractivity contribution in [2.75, 3.05) is 17.9 Å². The van der Waals surface area contributed by atoms with Crippen LogP contribution in [-0.4, -0.2) is 39.2 Å². The van der Waals surface area contributed by atoms with Crippen molar-refractivity contribution in [1.82, 2.24) is 14.9 Å². The predicted molar refractivity (Wildman–Crippen MR) is 155 cm³/mol. The normalized spacial score (nSPS) is 12.6. The highest BCUT2D eigenvalue weighted by molar-refractivity contribution is 7.99. The first-order chi connectivity index (χ1) is 19.7. The Bertz CT molecular complexity index is 1570. The molecule has 5 rings (SSSR count). The number of thioether (sulfide) groups is 1. The summed E-state index contributed by atoms with van der Waals surface area (Å²) in [6.45, 7) is 3.87. The quantitative estimate of drug-likeness (QED) is 0.185. The van der Waals surface area contributed by atoms with Crippen molar-refractivity contribution < 1.29 is 23.5 Å². The molecular weight excluding hydrogens is 567 g/mol. The topological polar surface area (TPSA) is 93.7 Å². The minimum atomic E-state index is -1.17. The highest BCUT2D eigenvalue weighted by Gasteiger charge is 2.32. The van der Waals surface area contributed by atoms with Gasteiger partial charge in [0.2, 0.25) is 12.7 Å². The number of aromatic nitrogens is 2. The van der Waals surface area contributed by atoms with Gasteiger partial charge in [-0.15, -0.1) is 0 Å². The van der Waals surface area contributed by atoms with Crippen LogP contribution in [0.4, 0.5) is 10.1 Å². The summed E-state index contributed by atoms with van der Waals surface area (Å²) in [4.78, 5) is 38.1. The van der Waals surface area contributed by atoms with Gasteiger partial charge in [-0.2, -0.15) is 0 Å². The molecule has 0 spiro atoms. The molecule has 1 N–H and O–H groups in total. The average molecular weight is 593 g/mol. The summed E-state index contributed by atoms with van der Waals surface area (Å²) in [6, 6.07) is 18.3. The maximum Gasteiger partial charge on any atom is 0.251 e. The lowest BCUT2D eigenvalue weighted by Crippen LogP contribution is -2.42. The Labute approximate surface area is 245 Å². The van der Waals surface area contributed by atoms with E-state index >= 15 is 0 Å². The number of nitrogens with one attached hydrogen (secondary N) is 1. The van der Waals surface area contributed by atoms with E-state index in [0.717, 1.165) is 17.0 Å². The number of halogens is 2. The molecule has 8 nitrogen and oxygen atoms in total. The number of nitrogens with zero attached hydrogens (tertiary/aromatic N) is 3. The molecule has 1 aliphatic heterocycles. The second kappa shape index (κ2) is 12.6. The molecule has 0 radical (unpaired) electrons. The Morgan fingerprint density at radius 3 is 2.46 bits per heavy atom. The molecule has 1 aliphatic rings. The van der Waals surface area contributed by atoms with E-state index in [9.17, 15) is 14.0 Å². The Balaban J connectivity index is 1.49. The Morgan fingerprint density at radius 1 is 1.00 bits per heavy atom. The summed E-state index contributed by atoms with van der Waals surface area (Å²) >= 11 is 7.26. The highest BCUT2D eigenvalue weighted by atomic mass is 35.5. The van der Waals surface area contributed by atoms with E-state index in [4.69, 9.17) is 21.1 Å². The predicted octanol–water partition coefficient (Wildman–Crippen LogP) is 6.12. The van der Waals surface area contributed by atoms with Crippen molar-refractivity contribution in [3.05, 3.63) is 106 Å². The van der Waals surface area contributed by atoms with Crippen LogP contribution in [-0.2, 0) is 16.1 Å². The largest absolute Gasteiger partial charge is 0.454 e. The van der Waals surface area contributed by atoms with Crippen molar-refractivity contribution in [3.8, 4) is 11.5 Å². The van der Waals surface area contributed by atoms with Gasteiger partial charge in [-0.05, 0) is 67.4 Å². The van der Waals surface area contributed by atoms with E-state index in [0.29, 0.717) is 32.9 Å². The lowest BCUT2D eigenvalue weighted by atomic mass is 10.0. The zero-order valence-electron chi connectivity index (χ0n) is 22.3. The molecule has 11 heteroatoms. The number of anilines is 1. The maximum absolute atomic E-state index is 14.4. The minimum absolute atomic E-state index is 0.0421. The number of hydrogen-bond donors (Lipinski definition) is 1. The zero-order chi connectivity index (χ0) is 28.9. The SMILES string of the molecule is Cc1cc(C)nc(SCC(=O)N(Cc2ccc(Cl)cc2)[C@H](C(=O)Nc2ccc3c(c2)OCO3)c2cccc(F)c2)n1. The Hall–Kier alpha value is -4.15. The monoisotopic (exact) mass is 592 g/mol. The van der Waals surface area contributed by atoms with Crippen LogP contribution in [0.2, 0.25) is 5.02 Å². The second-order valence-electron chi connectivity index (χ2n) is 9.38. The number of benzene rings is 3. The molecule has 0 aliphatic carbocycles. The first-order valence-electron chi connectivity index (χ1n) is 12.7. The van der Waals surface area contributed by atoms with E-state index in [1.807, 2.05) is 19.9 Å². The summed E-state index contributed by atoms with van der Waals surface area (Å²) in [5.74, 6) is -0.397. The highest BCUT2D eigenvalue weighted by Crippen LogP contribution is 2.35. The molecule has 0 unspecified atom stereocenters. The van der Waals surface area contributed by atoms with Crippen molar-refractivity contribution in [3.63, 3.8) is 0 Å². The fourth-order valence-corrected chi connectivity index (χ4v) is 5.37. The van der Waals surface area contributed by atoms with Crippen molar-refractivity contribution in [2.45, 2.75) is 31.6 Å². The number of carbonyl (C=O) groups is 2. The average Bonchev–Trinajstić information content (AvgIpc) is 3.40. The fourth-order valence-electron chi connectivity index (χ4n) is 4.41. The van der Waals surface area contributed by atoms with Crippen LogP contribution in [0.1, 0.15) is 28.6 Å². The number of ether oxygens (including phenoxy) is 2. The molecule has 3 aromatic carbocycles. The molecule has 0 fully saturated rings. The van der Waals surface area contributed by atoms with Crippen LogP contribution >= 0.6 is 23.4 Å². The van der Waals surface area contributed by atoms with E-state index in [1.165, 1.54) is 34.9 Å². The van der Waals surface area contributed by atoms with E-state index in [1.54, 1.807) is 48.5 Å². The van der Waals surface area contributed by atoms with Gasteiger partial charge in [0.05, 0.1) is 5.75 Å². The van der Waals surface area contributed by atoms with Gasteiger partial charge in [-0.25, -0.2) is 14.4 Å². The molecule has 4 aromatic rings. The van der Waals surface area contributed by atoms with Crippen LogP contribution in [0.3, 0.4) is 0 Å². The number of hydrogen-bond acceptors (Lipinski definition) is 7. The lowest BCUT2D eigenvalue weighted by molar-refractivity contribution is -0.137. The third-order valence-electron chi connectivity index (χ3n) is 6.24. The first-order valence-corrected chi connectivity index (χ1v) is 14.1. The van der Waals surface area contributed by atoms with Crippen LogP contribution in [0.5, 0.6) is 11.5 Å². The van der Waals surface area contributed by atoms with Gasteiger partial charge in [0, 0.05) is 34.7 Å². The number of aryl methyl sites for hydroxylation is 2. The van der Waals surface area contributed by atoms with Gasteiger partial charge >= 0.3 is 0 Å². The van der Waals surface area contributed by atoms with Crippen LogP contribution < -0.4 is 14.8 Å². The third-order valence-corrected chi connectivity index (χ3v) is 7.32. The third kappa shape index (κ3) is 7.14. The number of amides is 2. The minimum Gasteiger partial charge on any atom is -0.454 e. The standard InChI is InChI=1S/C30H26ClFN4O4S/c1-18-12-19(2)34-30(33-18)41-16-27(37)36(15-20-6-8-22(31)9-7-20)28(21-4-3-5-23(32)13-21)29(38)35-24-10-11-25-26(14-24)40-17-39-25/h3-14,28H,15-17H2,1-2H3,(H,35,38)/t28-/m0/s1. The van der Waals surface area contributed by atoms with Gasteiger partial charge in [0.25, 0.3) is 5.91 Å². The Morgan fingerprint density at radius 2 is 1.73 bits per heavy atom. The number of rotatable bonds is 9. The van der Waals surface area contributed by atoms with Crippen molar-refractivity contribution >= 4 is 40.9 Å². The second-order valence-corrected chi connectivity index (χ2v) is 10.8. The lowest BCUT2D eigenvalue weighted by Gasteiger charge is -2.31. The summed E-state index contributed by atoms with van der Waals surface area (Å²) in [5, 5.41) is 3.86. The van der Waals surface area contributed by atoms with Crippen LogP contribution in [0, 0.1) is 19.7 Å². The Kier molecular flexibility index (Phi) is 8.70. The smallest absolute Gasteiger partial charge is 0.251 e. The first kappa shape index (κ1) is 28.4. The molecule has 210 valence electrons. The van der Waals surface area contributed by atoms with Crippen molar-refractivity contribution in [2.24, 2.45) is 0 Å². The molecular formula is C30H26ClFN4O4S. The van der Waals surface area contributed by atoms with E-state index < -0.39 is 17.8 Å². The van der Waals surface area contributed by atoms with Gasteiger partial charge in [-0.3, -0.25) is 9.59 Å².